The van der Waals surface area contributed by atoms with Crippen LogP contribution < -0.4 is 0 Å². The van der Waals surface area contributed by atoms with Gasteiger partial charge in [-0.3, -0.25) is 0 Å². The molecule has 0 aromatic heterocycles. The lowest BCUT2D eigenvalue weighted by molar-refractivity contribution is -0.290. The maximum Gasteiger partial charge on any atom is 0.458 e. The van der Waals surface area contributed by atoms with E-state index in [2.05, 4.69) is 0 Å². The first-order valence-corrected chi connectivity index (χ1v) is 6.47. The molecule has 2 nitrogen and oxygen atoms in total. The largest absolute Gasteiger partial charge is 0.478 e. The predicted molar refractivity (Wildman–Crippen MR) is 64.5 cm³/mol. The van der Waals surface area contributed by atoms with Gasteiger partial charge in [-0.05, 0) is 24.3 Å². The van der Waals surface area contributed by atoms with Gasteiger partial charge in [0.15, 0.2) is 0 Å². The normalized spacial score (nSPS) is 12.6. The molecule has 0 amide bonds. The van der Waals surface area contributed by atoms with E-state index in [1.165, 1.54) is 6.92 Å². The van der Waals surface area contributed by atoms with Crippen LogP contribution >= 0.6 is 11.8 Å². The van der Waals surface area contributed by atoms with Crippen LogP contribution in [-0.2, 0) is 5.92 Å². The highest BCUT2D eigenvalue weighted by molar-refractivity contribution is 7.99. The molecule has 0 spiro atoms. The number of aromatic carboxylic acids is 1. The topological polar surface area (TPSA) is 37.3 Å². The molecule has 0 unspecified atom stereocenters. The van der Waals surface area contributed by atoms with E-state index in [1.54, 1.807) is 6.92 Å². The molecule has 0 heterocycles. The highest BCUT2D eigenvalue weighted by atomic mass is 32.2. The van der Waals surface area contributed by atoms with Crippen LogP contribution in [0.1, 0.15) is 28.4 Å². The number of hydrogen-bond acceptors (Lipinski definition) is 2. The number of halogens is 5. The molecule has 0 bridgehead atoms. The quantitative estimate of drug-likeness (QED) is 0.658. The van der Waals surface area contributed by atoms with Crippen LogP contribution in [0, 0.1) is 6.92 Å². The van der Waals surface area contributed by atoms with Gasteiger partial charge in [-0.15, -0.1) is 11.8 Å². The summed E-state index contributed by atoms with van der Waals surface area (Å²) < 4.78 is 64.3. The number of carbonyl (C=O) groups is 1. The molecule has 0 fully saturated rings. The molecular formula is C12H11F5O2S. The second-order valence-electron chi connectivity index (χ2n) is 3.93. The van der Waals surface area contributed by atoms with E-state index in [4.69, 9.17) is 5.11 Å². The molecule has 0 aliphatic carbocycles. The van der Waals surface area contributed by atoms with Crippen molar-refractivity contribution in [3.63, 3.8) is 0 Å². The minimum atomic E-state index is -5.73. The van der Waals surface area contributed by atoms with E-state index in [0.29, 0.717) is 6.07 Å². The number of carboxylic acid groups (broad SMARTS) is 1. The Balaban J connectivity index is 3.56. The lowest BCUT2D eigenvalue weighted by Gasteiger charge is -2.23. The summed E-state index contributed by atoms with van der Waals surface area (Å²) in [6, 6.07) is 1.30. The van der Waals surface area contributed by atoms with Gasteiger partial charge in [0.05, 0.1) is 5.56 Å². The van der Waals surface area contributed by atoms with Crippen LogP contribution in [0.3, 0.4) is 0 Å². The third-order valence-electron chi connectivity index (χ3n) is 2.62. The van der Waals surface area contributed by atoms with Crippen molar-refractivity contribution >= 4 is 17.7 Å². The second-order valence-corrected chi connectivity index (χ2v) is 5.20. The lowest BCUT2D eigenvalue weighted by Crippen LogP contribution is -2.34. The molecule has 1 aromatic carbocycles. The van der Waals surface area contributed by atoms with Crippen LogP contribution in [-0.4, -0.2) is 23.0 Å². The summed E-state index contributed by atoms with van der Waals surface area (Å²) >= 11 is 0.760. The summed E-state index contributed by atoms with van der Waals surface area (Å²) in [6.45, 7) is 2.80. The molecule has 8 heteroatoms. The summed E-state index contributed by atoms with van der Waals surface area (Å²) in [5, 5.41) is 8.89. The standard InChI is InChI=1S/C12H11F5O2S/c1-3-20-9-6(2)7(10(18)19)4-5-8(9)11(13,14)12(15,16)17/h4-5H,3H2,1-2H3,(H,18,19). The highest BCUT2D eigenvalue weighted by Gasteiger charge is 2.59. The Morgan fingerprint density at radius 3 is 2.20 bits per heavy atom. The molecule has 0 aliphatic rings. The summed E-state index contributed by atoms with van der Waals surface area (Å²) in [7, 11) is 0. The monoisotopic (exact) mass is 314 g/mol. The lowest BCUT2D eigenvalue weighted by atomic mass is 10.0. The first kappa shape index (κ1) is 16.7. The number of benzene rings is 1. The third-order valence-corrected chi connectivity index (χ3v) is 3.72. The Morgan fingerprint density at radius 2 is 1.80 bits per heavy atom. The first-order valence-electron chi connectivity index (χ1n) is 5.48. The fourth-order valence-corrected chi connectivity index (χ4v) is 2.62. The van der Waals surface area contributed by atoms with Gasteiger partial charge in [0.1, 0.15) is 0 Å². The second kappa shape index (κ2) is 5.59. The Bertz CT molecular complexity index is 525. The van der Waals surface area contributed by atoms with Gasteiger partial charge in [0.2, 0.25) is 0 Å². The SMILES string of the molecule is CCSc1c(C(F)(F)C(F)(F)F)ccc(C(=O)O)c1C. The summed E-state index contributed by atoms with van der Waals surface area (Å²) in [6.07, 6.45) is -5.73. The van der Waals surface area contributed by atoms with Gasteiger partial charge in [0, 0.05) is 10.5 Å². The zero-order valence-corrected chi connectivity index (χ0v) is 11.3. The van der Waals surface area contributed by atoms with Gasteiger partial charge in [-0.25, -0.2) is 4.79 Å². The third kappa shape index (κ3) is 2.89. The van der Waals surface area contributed by atoms with Crippen LogP contribution in [0.5, 0.6) is 0 Å². The highest BCUT2D eigenvalue weighted by Crippen LogP contribution is 2.48. The first-order chi connectivity index (χ1) is 9.04. The zero-order valence-electron chi connectivity index (χ0n) is 10.5. The molecule has 0 aliphatic heterocycles. The van der Waals surface area contributed by atoms with Crippen molar-refractivity contribution in [3.05, 3.63) is 28.8 Å². The molecule has 0 saturated heterocycles. The maximum atomic E-state index is 13.5. The molecular weight excluding hydrogens is 303 g/mol. The van der Waals surface area contributed by atoms with Crippen LogP contribution in [0.15, 0.2) is 17.0 Å². The minimum Gasteiger partial charge on any atom is -0.478 e. The molecule has 1 aromatic rings. The Morgan fingerprint density at radius 1 is 1.25 bits per heavy atom. The van der Waals surface area contributed by atoms with Crippen molar-refractivity contribution in [2.24, 2.45) is 0 Å². The van der Waals surface area contributed by atoms with E-state index in [9.17, 15) is 26.7 Å². The Hall–Kier alpha value is -1.31. The van der Waals surface area contributed by atoms with Gasteiger partial charge < -0.3 is 5.11 Å². The number of rotatable bonds is 4. The van der Waals surface area contributed by atoms with E-state index >= 15 is 0 Å². The molecule has 0 saturated carbocycles. The summed E-state index contributed by atoms with van der Waals surface area (Å²) in [4.78, 5) is 10.6. The van der Waals surface area contributed by atoms with E-state index in [0.717, 1.165) is 17.8 Å². The van der Waals surface area contributed by atoms with E-state index < -0.39 is 23.6 Å². The van der Waals surface area contributed by atoms with E-state index in [1.807, 2.05) is 0 Å². The van der Waals surface area contributed by atoms with Crippen molar-refractivity contribution in [1.82, 2.24) is 0 Å². The van der Waals surface area contributed by atoms with Gasteiger partial charge in [-0.2, -0.15) is 22.0 Å². The zero-order chi connectivity index (χ0) is 15.7. The number of hydrogen-bond donors (Lipinski definition) is 1. The summed E-state index contributed by atoms with van der Waals surface area (Å²) in [5.41, 5.74) is -1.59. The fraction of sp³-hybridized carbons (Fsp3) is 0.417. The Kier molecular flexibility index (Phi) is 4.68. The number of carboxylic acids is 1. The number of alkyl halides is 5. The average Bonchev–Trinajstić information content (AvgIpc) is 2.29. The molecule has 0 atom stereocenters. The predicted octanol–water partition coefficient (Wildman–Crippen LogP) is 4.46. The smallest absolute Gasteiger partial charge is 0.458 e. The van der Waals surface area contributed by atoms with E-state index in [-0.39, 0.29) is 21.8 Å². The van der Waals surface area contributed by atoms with Crippen molar-refractivity contribution in [2.75, 3.05) is 5.75 Å². The molecule has 0 radical (unpaired) electrons. The molecule has 1 rings (SSSR count). The van der Waals surface area contributed by atoms with Gasteiger partial charge in [0.25, 0.3) is 0 Å². The average molecular weight is 314 g/mol. The van der Waals surface area contributed by atoms with Gasteiger partial charge >= 0.3 is 18.1 Å². The van der Waals surface area contributed by atoms with Crippen LogP contribution in [0.4, 0.5) is 22.0 Å². The maximum absolute atomic E-state index is 13.5. The van der Waals surface area contributed by atoms with Crippen LogP contribution in [0.2, 0.25) is 0 Å². The molecule has 112 valence electrons. The van der Waals surface area contributed by atoms with Crippen LogP contribution in [0.25, 0.3) is 0 Å². The van der Waals surface area contributed by atoms with Gasteiger partial charge in [-0.1, -0.05) is 13.0 Å². The molecule has 1 N–H and O–H groups in total. The van der Waals surface area contributed by atoms with Crippen molar-refractivity contribution in [1.29, 1.82) is 0 Å². The number of thioether (sulfide) groups is 1. The van der Waals surface area contributed by atoms with Crippen molar-refractivity contribution in [3.8, 4) is 0 Å². The Labute approximate surface area is 116 Å². The fourth-order valence-electron chi connectivity index (χ4n) is 1.65. The summed E-state index contributed by atoms with van der Waals surface area (Å²) in [5.74, 6) is -6.15. The minimum absolute atomic E-state index is 0.0919. The molecule has 20 heavy (non-hydrogen) atoms. The van der Waals surface area contributed by atoms with Crippen molar-refractivity contribution in [2.45, 2.75) is 30.8 Å². The van der Waals surface area contributed by atoms with Crippen molar-refractivity contribution < 1.29 is 31.9 Å².